The molecule has 1 N–H and O–H groups in total. The molecule has 2 aromatic carbocycles. The minimum atomic E-state index is -0.0503. The van der Waals surface area contributed by atoms with Crippen LogP contribution in [0.1, 0.15) is 49.8 Å². The van der Waals surface area contributed by atoms with Gasteiger partial charge in [-0.3, -0.25) is 4.79 Å². The zero-order valence-electron chi connectivity index (χ0n) is 17.5. The van der Waals surface area contributed by atoms with E-state index in [-0.39, 0.29) is 23.2 Å². The minimum Gasteiger partial charge on any atom is -0.493 e. The van der Waals surface area contributed by atoms with Crippen LogP contribution in [0.3, 0.4) is 0 Å². The molecule has 0 aromatic heterocycles. The average Bonchev–Trinajstić information content (AvgIpc) is 3.48. The van der Waals surface area contributed by atoms with E-state index in [0.717, 1.165) is 16.5 Å². The predicted octanol–water partition coefficient (Wildman–Crippen LogP) is 5.02. The third-order valence-corrected chi connectivity index (χ3v) is 5.77. The summed E-state index contributed by atoms with van der Waals surface area (Å²) in [5.74, 6) is 1.41. The van der Waals surface area contributed by atoms with E-state index < -0.39 is 0 Å². The Bertz CT molecular complexity index is 917. The Labute approximate surface area is 180 Å². The first-order valence-electron chi connectivity index (χ1n) is 9.59. The fourth-order valence-corrected chi connectivity index (χ4v) is 3.97. The van der Waals surface area contributed by atoms with Crippen LogP contribution >= 0.6 is 15.9 Å². The molecule has 5 nitrogen and oxygen atoms in total. The first-order valence-corrected chi connectivity index (χ1v) is 10.4. The molecule has 1 amide bonds. The quantitative estimate of drug-likeness (QED) is 0.488. The highest BCUT2D eigenvalue weighted by Gasteiger charge is 2.44. The molecular weight excluding hydrogens is 432 g/mol. The molecule has 154 valence electrons. The largest absolute Gasteiger partial charge is 0.493 e. The molecule has 0 bridgehead atoms. The first kappa shape index (κ1) is 21.4. The molecular formula is C23H27BrN2O3. The highest BCUT2D eigenvalue weighted by Crippen LogP contribution is 2.47. The molecule has 1 aliphatic rings. The maximum Gasteiger partial charge on any atom is 0.243 e. The molecule has 2 aromatic rings. The van der Waals surface area contributed by atoms with Gasteiger partial charge >= 0.3 is 0 Å². The van der Waals surface area contributed by atoms with Crippen LogP contribution in [0.4, 0.5) is 0 Å². The van der Waals surface area contributed by atoms with Crippen LogP contribution in [0.15, 0.2) is 46.0 Å². The summed E-state index contributed by atoms with van der Waals surface area (Å²) in [6.07, 6.45) is 2.46. The van der Waals surface area contributed by atoms with E-state index >= 15 is 0 Å². The zero-order valence-corrected chi connectivity index (χ0v) is 19.0. The van der Waals surface area contributed by atoms with E-state index in [2.05, 4.69) is 71.5 Å². The number of methoxy groups -OCH3 is 2. The molecule has 0 aliphatic heterocycles. The normalized spacial score (nSPS) is 18.6. The number of amides is 1. The number of carbonyl (C=O) groups excluding carboxylic acids is 1. The molecule has 0 heterocycles. The second-order valence-electron chi connectivity index (χ2n) is 8.29. The van der Waals surface area contributed by atoms with Crippen LogP contribution in [0.2, 0.25) is 0 Å². The molecule has 0 unspecified atom stereocenters. The molecule has 1 fully saturated rings. The van der Waals surface area contributed by atoms with E-state index in [4.69, 9.17) is 9.47 Å². The van der Waals surface area contributed by atoms with Gasteiger partial charge in [-0.05, 0) is 62.5 Å². The maximum absolute atomic E-state index is 12.4. The van der Waals surface area contributed by atoms with Gasteiger partial charge in [-0.25, -0.2) is 5.43 Å². The van der Waals surface area contributed by atoms with Crippen LogP contribution in [0, 0.1) is 5.92 Å². The van der Waals surface area contributed by atoms with Crippen molar-refractivity contribution >= 4 is 28.1 Å². The van der Waals surface area contributed by atoms with Crippen molar-refractivity contribution < 1.29 is 14.3 Å². The van der Waals surface area contributed by atoms with Crippen LogP contribution in [0.25, 0.3) is 0 Å². The molecule has 0 saturated heterocycles. The second-order valence-corrected chi connectivity index (χ2v) is 9.15. The predicted molar refractivity (Wildman–Crippen MR) is 119 cm³/mol. The lowest BCUT2D eigenvalue weighted by Gasteiger charge is -2.19. The Morgan fingerprint density at radius 3 is 2.45 bits per heavy atom. The third kappa shape index (κ3) is 4.99. The van der Waals surface area contributed by atoms with Crippen molar-refractivity contribution in [2.75, 3.05) is 14.2 Å². The summed E-state index contributed by atoms with van der Waals surface area (Å²) in [5.41, 5.74) is 6.09. The van der Waals surface area contributed by atoms with Gasteiger partial charge in [-0.1, -0.05) is 45.0 Å². The number of carbonyl (C=O) groups is 1. The highest BCUT2D eigenvalue weighted by atomic mass is 79.9. The van der Waals surface area contributed by atoms with Gasteiger partial charge in [0.2, 0.25) is 5.91 Å². The summed E-state index contributed by atoms with van der Waals surface area (Å²) in [4.78, 5) is 12.4. The van der Waals surface area contributed by atoms with Gasteiger partial charge in [-0.2, -0.15) is 5.10 Å². The SMILES string of the molecule is COc1cc(/C=N/NC(=O)[C@@H]2C[C@H]2c2ccc(C(C)(C)C)cc2)cc(Br)c1OC. The van der Waals surface area contributed by atoms with E-state index in [1.54, 1.807) is 26.5 Å². The molecule has 2 atom stereocenters. The Balaban J connectivity index is 1.59. The van der Waals surface area contributed by atoms with E-state index in [1.165, 1.54) is 11.1 Å². The van der Waals surface area contributed by atoms with E-state index in [9.17, 15) is 4.79 Å². The number of hydrogen-bond acceptors (Lipinski definition) is 4. The van der Waals surface area contributed by atoms with Crippen molar-refractivity contribution in [3.8, 4) is 11.5 Å². The molecule has 1 saturated carbocycles. The summed E-state index contributed by atoms with van der Waals surface area (Å²) in [7, 11) is 3.16. The lowest BCUT2D eigenvalue weighted by Crippen LogP contribution is -2.20. The van der Waals surface area contributed by atoms with Crippen molar-refractivity contribution in [3.05, 3.63) is 57.6 Å². The summed E-state index contributed by atoms with van der Waals surface area (Å²) in [6.45, 7) is 6.60. The average molecular weight is 459 g/mol. The monoisotopic (exact) mass is 458 g/mol. The Morgan fingerprint density at radius 1 is 1.17 bits per heavy atom. The Kier molecular flexibility index (Phi) is 6.32. The topological polar surface area (TPSA) is 59.9 Å². The number of hydrogen-bond donors (Lipinski definition) is 1. The van der Waals surface area contributed by atoms with Crippen LogP contribution in [-0.4, -0.2) is 26.3 Å². The molecule has 1 aliphatic carbocycles. The van der Waals surface area contributed by atoms with Gasteiger partial charge in [-0.15, -0.1) is 0 Å². The number of hydrazone groups is 1. The number of benzene rings is 2. The minimum absolute atomic E-state index is 0.0234. The van der Waals surface area contributed by atoms with Gasteiger partial charge in [0.1, 0.15) is 0 Å². The lowest BCUT2D eigenvalue weighted by molar-refractivity contribution is -0.122. The zero-order chi connectivity index (χ0) is 21.2. The molecule has 0 radical (unpaired) electrons. The Morgan fingerprint density at radius 2 is 1.86 bits per heavy atom. The van der Waals surface area contributed by atoms with E-state index in [0.29, 0.717) is 11.5 Å². The highest BCUT2D eigenvalue weighted by molar-refractivity contribution is 9.10. The first-order chi connectivity index (χ1) is 13.7. The third-order valence-electron chi connectivity index (χ3n) is 5.18. The van der Waals surface area contributed by atoms with Gasteiger partial charge in [0.15, 0.2) is 11.5 Å². The van der Waals surface area contributed by atoms with Gasteiger partial charge in [0, 0.05) is 5.92 Å². The lowest BCUT2D eigenvalue weighted by atomic mass is 9.86. The summed E-state index contributed by atoms with van der Waals surface area (Å²) < 4.78 is 11.4. The molecule has 3 rings (SSSR count). The van der Waals surface area contributed by atoms with Crippen molar-refractivity contribution in [3.63, 3.8) is 0 Å². The summed E-state index contributed by atoms with van der Waals surface area (Å²) in [5, 5.41) is 4.11. The standard InChI is InChI=1S/C23H27BrN2O3/c1-23(2,3)16-8-6-15(7-9-16)17-12-18(17)22(27)26-25-13-14-10-19(24)21(29-5)20(11-14)28-4/h6-11,13,17-18H,12H2,1-5H3,(H,26,27)/b25-13+/t17-,18+/m0/s1. The smallest absolute Gasteiger partial charge is 0.243 e. The van der Waals surface area contributed by atoms with Crippen LogP contribution in [-0.2, 0) is 10.2 Å². The van der Waals surface area contributed by atoms with Crippen LogP contribution < -0.4 is 14.9 Å². The van der Waals surface area contributed by atoms with Crippen molar-refractivity contribution in [1.29, 1.82) is 0 Å². The molecule has 6 heteroatoms. The summed E-state index contributed by atoms with van der Waals surface area (Å²) >= 11 is 3.45. The molecule has 0 spiro atoms. The van der Waals surface area contributed by atoms with Gasteiger partial charge in [0.25, 0.3) is 0 Å². The number of nitrogens with zero attached hydrogens (tertiary/aromatic N) is 1. The van der Waals surface area contributed by atoms with Crippen molar-refractivity contribution in [2.45, 2.75) is 38.5 Å². The summed E-state index contributed by atoms with van der Waals surface area (Å²) in [6, 6.07) is 12.3. The fourth-order valence-electron chi connectivity index (χ4n) is 3.35. The van der Waals surface area contributed by atoms with Crippen LogP contribution in [0.5, 0.6) is 11.5 Å². The number of halogens is 1. The fraction of sp³-hybridized carbons (Fsp3) is 0.391. The Hall–Kier alpha value is -2.34. The van der Waals surface area contributed by atoms with Gasteiger partial charge < -0.3 is 9.47 Å². The maximum atomic E-state index is 12.4. The van der Waals surface area contributed by atoms with Crippen molar-refractivity contribution in [2.24, 2.45) is 11.0 Å². The van der Waals surface area contributed by atoms with Crippen molar-refractivity contribution in [1.82, 2.24) is 5.43 Å². The number of ether oxygens (including phenoxy) is 2. The number of rotatable bonds is 6. The van der Waals surface area contributed by atoms with E-state index in [1.807, 2.05) is 6.07 Å². The van der Waals surface area contributed by atoms with Gasteiger partial charge in [0.05, 0.1) is 24.9 Å². The number of nitrogens with one attached hydrogen (secondary N) is 1. The molecule has 29 heavy (non-hydrogen) atoms. The second kappa shape index (κ2) is 8.57.